The molecule has 2 aromatic rings. The van der Waals surface area contributed by atoms with E-state index < -0.39 is 0 Å². The maximum absolute atomic E-state index is 4.43. The molecule has 6 nitrogen and oxygen atoms in total. The lowest BCUT2D eigenvalue weighted by Crippen LogP contribution is -2.28. The number of hydrogen-bond donors (Lipinski definition) is 1. The summed E-state index contributed by atoms with van der Waals surface area (Å²) in [6, 6.07) is 2.04. The Balaban J connectivity index is 2.09. The Morgan fingerprint density at radius 2 is 2.25 bits per heavy atom. The second-order valence-electron chi connectivity index (χ2n) is 4.06. The van der Waals surface area contributed by atoms with Crippen LogP contribution in [0.4, 0.5) is 0 Å². The average Bonchev–Trinajstić information content (AvgIpc) is 2.83. The van der Waals surface area contributed by atoms with E-state index in [0.717, 1.165) is 42.7 Å². The first kappa shape index (κ1) is 9.53. The Morgan fingerprint density at radius 1 is 1.38 bits per heavy atom. The number of fused-ring (bicyclic) bond motifs is 1. The maximum atomic E-state index is 4.43. The number of hydrogen-bond acceptors (Lipinski definition) is 4. The molecule has 0 amide bonds. The highest BCUT2D eigenvalue weighted by atomic mass is 15.3. The lowest BCUT2D eigenvalue weighted by molar-refractivity contribution is 0.508. The minimum atomic E-state index is 0.790. The maximum Gasteiger partial charge on any atom is 0.184 e. The fourth-order valence-corrected chi connectivity index (χ4v) is 1.95. The SMILES string of the molecule is Cc1cc(-c2nnc3n2CCNC3)nn1C. The van der Waals surface area contributed by atoms with Gasteiger partial charge in [-0.15, -0.1) is 10.2 Å². The Hall–Kier alpha value is -1.69. The zero-order valence-electron chi connectivity index (χ0n) is 9.43. The van der Waals surface area contributed by atoms with Crippen LogP contribution in [0.5, 0.6) is 0 Å². The van der Waals surface area contributed by atoms with Gasteiger partial charge in [0.25, 0.3) is 0 Å². The molecule has 3 rings (SSSR count). The van der Waals surface area contributed by atoms with E-state index in [9.17, 15) is 0 Å². The molecule has 84 valence electrons. The highest BCUT2D eigenvalue weighted by Crippen LogP contribution is 2.18. The van der Waals surface area contributed by atoms with Gasteiger partial charge >= 0.3 is 0 Å². The standard InChI is InChI=1S/C10H14N6/c1-7-5-8(14-15(7)2)10-13-12-9-6-11-3-4-16(9)10/h5,11H,3-4,6H2,1-2H3. The van der Waals surface area contributed by atoms with E-state index in [1.54, 1.807) is 0 Å². The van der Waals surface area contributed by atoms with Gasteiger partial charge in [-0.25, -0.2) is 0 Å². The van der Waals surface area contributed by atoms with Crippen LogP contribution in [0, 0.1) is 6.92 Å². The molecular weight excluding hydrogens is 204 g/mol. The monoisotopic (exact) mass is 218 g/mol. The van der Waals surface area contributed by atoms with Crippen LogP contribution in [-0.2, 0) is 20.1 Å². The Morgan fingerprint density at radius 3 is 3.00 bits per heavy atom. The molecule has 0 aliphatic carbocycles. The van der Waals surface area contributed by atoms with Gasteiger partial charge in [-0.2, -0.15) is 5.10 Å². The lowest BCUT2D eigenvalue weighted by Gasteiger charge is -2.15. The van der Waals surface area contributed by atoms with Crippen LogP contribution < -0.4 is 5.32 Å². The fourth-order valence-electron chi connectivity index (χ4n) is 1.95. The Labute approximate surface area is 93.3 Å². The van der Waals surface area contributed by atoms with Gasteiger partial charge in [0, 0.05) is 25.8 Å². The van der Waals surface area contributed by atoms with Crippen molar-refractivity contribution in [2.45, 2.75) is 20.0 Å². The summed E-state index contributed by atoms with van der Waals surface area (Å²) in [4.78, 5) is 0. The average molecular weight is 218 g/mol. The Bertz CT molecular complexity index is 504. The molecule has 3 heterocycles. The van der Waals surface area contributed by atoms with Crippen LogP contribution in [0.2, 0.25) is 0 Å². The summed E-state index contributed by atoms with van der Waals surface area (Å²) in [6.45, 7) is 4.70. The van der Waals surface area contributed by atoms with Crippen molar-refractivity contribution in [2.75, 3.05) is 6.54 Å². The van der Waals surface area contributed by atoms with Gasteiger partial charge in [0.05, 0.1) is 6.54 Å². The fraction of sp³-hybridized carbons (Fsp3) is 0.500. The van der Waals surface area contributed by atoms with Gasteiger partial charge < -0.3 is 9.88 Å². The topological polar surface area (TPSA) is 60.6 Å². The van der Waals surface area contributed by atoms with E-state index >= 15 is 0 Å². The van der Waals surface area contributed by atoms with E-state index in [2.05, 4.69) is 25.2 Å². The van der Waals surface area contributed by atoms with Crippen LogP contribution in [0.1, 0.15) is 11.5 Å². The summed E-state index contributed by atoms with van der Waals surface area (Å²) in [5.74, 6) is 1.87. The van der Waals surface area contributed by atoms with Crippen molar-refractivity contribution in [3.05, 3.63) is 17.6 Å². The normalized spacial score (nSPS) is 15.1. The predicted molar refractivity (Wildman–Crippen MR) is 58.7 cm³/mol. The molecule has 1 aliphatic heterocycles. The highest BCUT2D eigenvalue weighted by molar-refractivity contribution is 5.50. The van der Waals surface area contributed by atoms with Gasteiger partial charge in [-0.1, -0.05) is 0 Å². The second-order valence-corrected chi connectivity index (χ2v) is 4.06. The number of nitrogens with zero attached hydrogens (tertiary/aromatic N) is 5. The van der Waals surface area contributed by atoms with Crippen molar-refractivity contribution < 1.29 is 0 Å². The molecule has 0 radical (unpaired) electrons. The number of rotatable bonds is 1. The van der Waals surface area contributed by atoms with Crippen molar-refractivity contribution in [1.82, 2.24) is 29.9 Å². The van der Waals surface area contributed by atoms with Crippen molar-refractivity contribution in [1.29, 1.82) is 0 Å². The first-order chi connectivity index (χ1) is 7.75. The predicted octanol–water partition coefficient (Wildman–Crippen LogP) is 0.0902. The molecule has 0 spiro atoms. The van der Waals surface area contributed by atoms with Crippen LogP contribution >= 0.6 is 0 Å². The van der Waals surface area contributed by atoms with Crippen LogP contribution in [0.15, 0.2) is 6.07 Å². The minimum Gasteiger partial charge on any atom is -0.308 e. The summed E-state index contributed by atoms with van der Waals surface area (Å²) in [5.41, 5.74) is 2.03. The highest BCUT2D eigenvalue weighted by Gasteiger charge is 2.18. The minimum absolute atomic E-state index is 0.790. The molecule has 0 atom stereocenters. The molecule has 0 bridgehead atoms. The van der Waals surface area contributed by atoms with E-state index in [1.807, 2.05) is 24.7 Å². The van der Waals surface area contributed by atoms with E-state index in [0.29, 0.717) is 0 Å². The largest absolute Gasteiger partial charge is 0.308 e. The van der Waals surface area contributed by atoms with Crippen LogP contribution in [0.25, 0.3) is 11.5 Å². The first-order valence-electron chi connectivity index (χ1n) is 5.39. The summed E-state index contributed by atoms with van der Waals surface area (Å²) in [5, 5.41) is 16.1. The van der Waals surface area contributed by atoms with Gasteiger partial charge in [-0.05, 0) is 13.0 Å². The smallest absolute Gasteiger partial charge is 0.184 e. The lowest BCUT2D eigenvalue weighted by atomic mass is 10.3. The van der Waals surface area contributed by atoms with Gasteiger partial charge in [0.2, 0.25) is 0 Å². The Kier molecular flexibility index (Phi) is 2.03. The van der Waals surface area contributed by atoms with Crippen molar-refractivity contribution in [2.24, 2.45) is 7.05 Å². The van der Waals surface area contributed by atoms with Crippen molar-refractivity contribution in [3.63, 3.8) is 0 Å². The first-order valence-corrected chi connectivity index (χ1v) is 5.39. The molecule has 1 N–H and O–H groups in total. The zero-order chi connectivity index (χ0) is 11.1. The molecule has 0 saturated heterocycles. The third kappa shape index (κ3) is 1.34. The third-order valence-corrected chi connectivity index (χ3v) is 2.97. The molecule has 0 saturated carbocycles. The molecule has 6 heteroatoms. The molecule has 1 aliphatic rings. The number of aryl methyl sites for hydroxylation is 2. The van der Waals surface area contributed by atoms with E-state index in [-0.39, 0.29) is 0 Å². The van der Waals surface area contributed by atoms with Crippen LogP contribution in [-0.4, -0.2) is 31.1 Å². The quantitative estimate of drug-likeness (QED) is 0.737. The number of nitrogens with one attached hydrogen (secondary N) is 1. The summed E-state index contributed by atoms with van der Waals surface area (Å²) in [6.07, 6.45) is 0. The molecular formula is C10H14N6. The van der Waals surface area contributed by atoms with E-state index in [1.165, 1.54) is 0 Å². The van der Waals surface area contributed by atoms with Gasteiger partial charge in [-0.3, -0.25) is 4.68 Å². The molecule has 0 aromatic carbocycles. The number of aromatic nitrogens is 5. The van der Waals surface area contributed by atoms with Crippen LogP contribution in [0.3, 0.4) is 0 Å². The van der Waals surface area contributed by atoms with Crippen molar-refractivity contribution >= 4 is 0 Å². The molecule has 2 aromatic heterocycles. The van der Waals surface area contributed by atoms with Gasteiger partial charge in [0.15, 0.2) is 5.82 Å². The third-order valence-electron chi connectivity index (χ3n) is 2.97. The second kappa shape index (κ2) is 3.41. The molecule has 0 unspecified atom stereocenters. The summed E-state index contributed by atoms with van der Waals surface area (Å²) >= 11 is 0. The summed E-state index contributed by atoms with van der Waals surface area (Å²) in [7, 11) is 1.94. The van der Waals surface area contributed by atoms with E-state index in [4.69, 9.17) is 0 Å². The zero-order valence-corrected chi connectivity index (χ0v) is 9.43. The van der Waals surface area contributed by atoms with Gasteiger partial charge in [0.1, 0.15) is 11.5 Å². The molecule has 0 fully saturated rings. The van der Waals surface area contributed by atoms with Crippen molar-refractivity contribution in [3.8, 4) is 11.5 Å². The summed E-state index contributed by atoms with van der Waals surface area (Å²) < 4.78 is 4.00. The molecule has 16 heavy (non-hydrogen) atoms.